The van der Waals surface area contributed by atoms with Gasteiger partial charge in [0.2, 0.25) is 0 Å². The van der Waals surface area contributed by atoms with E-state index in [2.05, 4.69) is 26.2 Å². The maximum Gasteiger partial charge on any atom is 0.395 e. The van der Waals surface area contributed by atoms with E-state index in [-0.39, 0.29) is 47.5 Å². The Morgan fingerprint density at radius 2 is 1.80 bits per heavy atom. The lowest BCUT2D eigenvalue weighted by atomic mass is 9.80. The molecule has 0 bridgehead atoms. The third kappa shape index (κ3) is 7.59. The Bertz CT molecular complexity index is 2140. The van der Waals surface area contributed by atoms with Crippen molar-refractivity contribution in [3.05, 3.63) is 83.2 Å². The standard InChI is InChI=1S/C35H31ClF7N9O3/c1-19(8-11-44)13-34(23-5-2-20(3-6-23)22-15-47-50(16-22)31(39)40)30(54)51(32(45)49-34)26(17-55-27(53)14-33(9-10-33)35(41,42)43)21-4-7-24(36)25(12-21)52-29(28(37)38)46-18-48-52/h2-7,12,15-16,18-19,26,28,31H,8-10,13-14,17H2,1H3,(H2,45,49)/t19-,26-,34-/m1/s1. The topological polar surface area (TPSA) is 157 Å². The van der Waals surface area contributed by atoms with Crippen molar-refractivity contribution in [2.45, 2.75) is 69.8 Å². The number of benzene rings is 2. The minimum absolute atomic E-state index is 0.00225. The molecule has 2 N–H and O–H groups in total. The van der Waals surface area contributed by atoms with Crippen LogP contribution >= 0.6 is 11.6 Å². The number of hydrogen-bond acceptors (Lipinski definition) is 9. The van der Waals surface area contributed by atoms with Gasteiger partial charge < -0.3 is 10.5 Å². The lowest BCUT2D eigenvalue weighted by Gasteiger charge is -2.32. The molecule has 2 aromatic heterocycles. The third-order valence-electron chi connectivity index (χ3n) is 9.71. The van der Waals surface area contributed by atoms with Crippen LogP contribution in [0.2, 0.25) is 5.02 Å². The van der Waals surface area contributed by atoms with E-state index in [4.69, 9.17) is 22.1 Å². The molecular weight excluding hydrogens is 763 g/mol. The molecule has 2 aliphatic rings. The molecule has 3 heterocycles. The minimum Gasteiger partial charge on any atom is -0.463 e. The molecule has 1 amide bonds. The predicted octanol–water partition coefficient (Wildman–Crippen LogP) is 7.43. The summed E-state index contributed by atoms with van der Waals surface area (Å²) in [5.74, 6) is -3.58. The zero-order valence-corrected chi connectivity index (χ0v) is 29.5. The van der Waals surface area contributed by atoms with Gasteiger partial charge in [-0.1, -0.05) is 48.9 Å². The van der Waals surface area contributed by atoms with Crippen LogP contribution in [-0.2, 0) is 19.9 Å². The number of esters is 1. The van der Waals surface area contributed by atoms with Gasteiger partial charge in [0.05, 0.1) is 40.9 Å². The van der Waals surface area contributed by atoms with Gasteiger partial charge in [-0.2, -0.15) is 37.4 Å². The molecule has 55 heavy (non-hydrogen) atoms. The number of aromatic nitrogens is 5. The van der Waals surface area contributed by atoms with Crippen LogP contribution in [0.15, 0.2) is 66.2 Å². The molecule has 6 rings (SSSR count). The summed E-state index contributed by atoms with van der Waals surface area (Å²) in [4.78, 5) is 37.0. The third-order valence-corrected chi connectivity index (χ3v) is 10.0. The molecule has 4 aromatic rings. The first-order chi connectivity index (χ1) is 26.0. The first kappa shape index (κ1) is 39.2. The van der Waals surface area contributed by atoms with Crippen molar-refractivity contribution in [1.29, 1.82) is 5.26 Å². The molecule has 1 saturated carbocycles. The molecule has 290 valence electrons. The van der Waals surface area contributed by atoms with Gasteiger partial charge in [0.15, 0.2) is 17.3 Å². The number of halogens is 8. The number of alkyl halides is 7. The summed E-state index contributed by atoms with van der Waals surface area (Å²) in [6, 6.07) is 10.8. The molecule has 1 aliphatic carbocycles. The summed E-state index contributed by atoms with van der Waals surface area (Å²) < 4.78 is 102. The average Bonchev–Trinajstić information content (AvgIpc) is 3.44. The van der Waals surface area contributed by atoms with Gasteiger partial charge in [-0.15, -0.1) is 0 Å². The zero-order chi connectivity index (χ0) is 39.9. The van der Waals surface area contributed by atoms with Gasteiger partial charge in [0.1, 0.15) is 12.9 Å². The van der Waals surface area contributed by atoms with Crippen molar-refractivity contribution in [2.24, 2.45) is 22.1 Å². The highest BCUT2D eigenvalue weighted by Crippen LogP contribution is 2.60. The predicted molar refractivity (Wildman–Crippen MR) is 180 cm³/mol. The van der Waals surface area contributed by atoms with Crippen LogP contribution in [0.25, 0.3) is 16.8 Å². The molecule has 3 atom stereocenters. The number of guanidine groups is 1. The quantitative estimate of drug-likeness (QED) is 0.102. The second-order valence-electron chi connectivity index (χ2n) is 13.4. The van der Waals surface area contributed by atoms with Gasteiger partial charge in [0, 0.05) is 18.2 Å². The monoisotopic (exact) mass is 793 g/mol. The first-order valence-corrected chi connectivity index (χ1v) is 17.1. The van der Waals surface area contributed by atoms with E-state index in [0.29, 0.717) is 15.8 Å². The van der Waals surface area contributed by atoms with Crippen LogP contribution in [0.1, 0.15) is 75.0 Å². The van der Waals surface area contributed by atoms with E-state index >= 15 is 0 Å². The van der Waals surface area contributed by atoms with E-state index in [9.17, 15) is 45.6 Å². The molecular formula is C35H31ClF7N9O3. The summed E-state index contributed by atoms with van der Waals surface area (Å²) in [7, 11) is 0. The lowest BCUT2D eigenvalue weighted by Crippen LogP contribution is -2.47. The van der Waals surface area contributed by atoms with Gasteiger partial charge in [-0.25, -0.2) is 28.1 Å². The molecule has 20 heteroatoms. The van der Waals surface area contributed by atoms with Gasteiger partial charge in [-0.05, 0) is 54.0 Å². The Balaban J connectivity index is 1.40. The number of carbonyl (C=O) groups excluding carboxylic acids is 2. The minimum atomic E-state index is -4.66. The Morgan fingerprint density at radius 1 is 1.09 bits per heavy atom. The van der Waals surface area contributed by atoms with Crippen LogP contribution in [0.3, 0.4) is 0 Å². The summed E-state index contributed by atoms with van der Waals surface area (Å²) in [5, 5.41) is 16.9. The van der Waals surface area contributed by atoms with Gasteiger partial charge >= 0.3 is 18.7 Å². The van der Waals surface area contributed by atoms with Crippen molar-refractivity contribution in [1.82, 2.24) is 29.4 Å². The maximum absolute atomic E-state index is 14.9. The number of nitrogens with two attached hydrogens (primary N) is 1. The van der Waals surface area contributed by atoms with Crippen LogP contribution in [0, 0.1) is 22.7 Å². The number of aliphatic imine (C=N–C) groups is 1. The highest BCUT2D eigenvalue weighted by atomic mass is 35.5. The summed E-state index contributed by atoms with van der Waals surface area (Å²) in [5.41, 5.74) is 3.55. The van der Waals surface area contributed by atoms with Crippen LogP contribution in [0.5, 0.6) is 0 Å². The van der Waals surface area contributed by atoms with E-state index in [1.165, 1.54) is 36.5 Å². The smallest absolute Gasteiger partial charge is 0.395 e. The van der Waals surface area contributed by atoms with Gasteiger partial charge in [-0.3, -0.25) is 14.5 Å². The highest BCUT2D eigenvalue weighted by molar-refractivity contribution is 6.32. The molecule has 0 unspecified atom stereocenters. The van der Waals surface area contributed by atoms with Crippen LogP contribution in [0.4, 0.5) is 30.7 Å². The molecule has 2 aromatic carbocycles. The molecule has 0 saturated heterocycles. The summed E-state index contributed by atoms with van der Waals surface area (Å²) in [6.45, 7) is -1.91. The number of ether oxygens (including phenoxy) is 1. The number of carbonyl (C=O) groups is 2. The Morgan fingerprint density at radius 3 is 2.40 bits per heavy atom. The summed E-state index contributed by atoms with van der Waals surface area (Å²) >= 11 is 6.40. The van der Waals surface area contributed by atoms with Crippen molar-refractivity contribution in [3.8, 4) is 22.9 Å². The van der Waals surface area contributed by atoms with Crippen molar-refractivity contribution in [2.75, 3.05) is 6.61 Å². The number of nitriles is 1. The maximum atomic E-state index is 14.9. The van der Waals surface area contributed by atoms with E-state index in [1.807, 2.05) is 0 Å². The second kappa shape index (κ2) is 15.0. The zero-order valence-electron chi connectivity index (χ0n) is 28.7. The molecule has 12 nitrogen and oxygen atoms in total. The SMILES string of the molecule is C[C@H](CC#N)C[C@]1(c2ccc(-c3cnn(C(F)F)c3)cc2)N=C(N)N([C@H](COC(=O)CC2(C(F)(F)F)CC2)c2ccc(Cl)c(-n3ncnc3C(F)F)c2)C1=O. The molecule has 1 fully saturated rings. The Kier molecular flexibility index (Phi) is 10.7. The van der Waals surface area contributed by atoms with Crippen molar-refractivity contribution >= 4 is 29.4 Å². The fraction of sp³-hybridized carbons (Fsp3) is 0.400. The number of rotatable bonds is 14. The number of amides is 1. The van der Waals surface area contributed by atoms with Gasteiger partial charge in [0.25, 0.3) is 12.3 Å². The largest absolute Gasteiger partial charge is 0.463 e. The van der Waals surface area contributed by atoms with E-state index in [0.717, 1.165) is 22.1 Å². The fourth-order valence-electron chi connectivity index (χ4n) is 6.62. The lowest BCUT2D eigenvalue weighted by molar-refractivity contribution is -0.195. The highest BCUT2D eigenvalue weighted by Gasteiger charge is 2.64. The first-order valence-electron chi connectivity index (χ1n) is 16.7. The molecule has 0 radical (unpaired) electrons. The molecule has 0 spiro atoms. The average molecular weight is 794 g/mol. The summed E-state index contributed by atoms with van der Waals surface area (Å²) in [6.07, 6.45) is -6.04. The number of hydrogen-bond donors (Lipinski definition) is 1. The fourth-order valence-corrected chi connectivity index (χ4v) is 6.82. The van der Waals surface area contributed by atoms with Crippen LogP contribution < -0.4 is 5.73 Å². The van der Waals surface area contributed by atoms with E-state index in [1.54, 1.807) is 19.1 Å². The Labute approximate surface area is 313 Å². The van der Waals surface area contributed by atoms with E-state index < -0.39 is 78.8 Å². The molecule has 1 aliphatic heterocycles. The second-order valence-corrected chi connectivity index (χ2v) is 13.8. The van der Waals surface area contributed by atoms with Crippen molar-refractivity contribution < 1.29 is 45.1 Å². The normalized spacial score (nSPS) is 19.1. The van der Waals surface area contributed by atoms with Crippen molar-refractivity contribution in [3.63, 3.8) is 0 Å². The Hall–Kier alpha value is -5.51. The van der Waals surface area contributed by atoms with Crippen LogP contribution in [-0.4, -0.2) is 60.1 Å². The number of nitrogens with zero attached hydrogens (tertiary/aromatic N) is 8.